The highest BCUT2D eigenvalue weighted by atomic mass is 79.9. The number of rotatable bonds is 4. The van der Waals surface area contributed by atoms with E-state index in [1.807, 2.05) is 24.3 Å². The molecule has 2 fully saturated rings. The number of halogens is 1. The Hall–Kier alpha value is -0.580. The molecule has 2 heterocycles. The van der Waals surface area contributed by atoms with Crippen molar-refractivity contribution in [3.63, 3.8) is 0 Å². The summed E-state index contributed by atoms with van der Waals surface area (Å²) < 4.78 is 12.6. The van der Waals surface area contributed by atoms with Gasteiger partial charge in [0.1, 0.15) is 5.75 Å². The highest BCUT2D eigenvalue weighted by Gasteiger charge is 2.49. The molecule has 2 saturated heterocycles. The average Bonchev–Trinajstić information content (AvgIpc) is 2.89. The maximum atomic E-state index is 6.42. The van der Waals surface area contributed by atoms with Crippen LogP contribution in [0.2, 0.25) is 0 Å². The van der Waals surface area contributed by atoms with Gasteiger partial charge in [-0.15, -0.1) is 0 Å². The minimum atomic E-state index is -0.172. The maximum absolute atomic E-state index is 6.42. The molecule has 3 rings (SSSR count). The molecule has 4 heteroatoms. The van der Waals surface area contributed by atoms with Crippen molar-refractivity contribution < 1.29 is 9.47 Å². The van der Waals surface area contributed by atoms with Crippen molar-refractivity contribution in [2.75, 3.05) is 6.61 Å². The van der Waals surface area contributed by atoms with E-state index in [1.54, 1.807) is 0 Å². The van der Waals surface area contributed by atoms with Gasteiger partial charge in [-0.05, 0) is 37.5 Å². The lowest BCUT2D eigenvalue weighted by atomic mass is 9.80. The van der Waals surface area contributed by atoms with Gasteiger partial charge in [0.05, 0.1) is 18.8 Å². The second-order valence-electron chi connectivity index (χ2n) is 5.32. The SMILES string of the molecule is NC1(CCOc2cccc(Br)c2)CC2CCC1O2. The van der Waals surface area contributed by atoms with Crippen LogP contribution in [0, 0.1) is 0 Å². The molecule has 0 aromatic heterocycles. The van der Waals surface area contributed by atoms with Gasteiger partial charge in [-0.2, -0.15) is 0 Å². The molecule has 18 heavy (non-hydrogen) atoms. The summed E-state index contributed by atoms with van der Waals surface area (Å²) in [4.78, 5) is 0. The number of benzene rings is 1. The third kappa shape index (κ3) is 2.42. The first-order chi connectivity index (χ1) is 8.66. The monoisotopic (exact) mass is 311 g/mol. The maximum Gasteiger partial charge on any atom is 0.120 e. The van der Waals surface area contributed by atoms with Crippen molar-refractivity contribution in [3.05, 3.63) is 28.7 Å². The van der Waals surface area contributed by atoms with Crippen LogP contribution in [-0.2, 0) is 4.74 Å². The van der Waals surface area contributed by atoms with Gasteiger partial charge >= 0.3 is 0 Å². The number of hydrogen-bond donors (Lipinski definition) is 1. The third-order valence-electron chi connectivity index (χ3n) is 3.99. The summed E-state index contributed by atoms with van der Waals surface area (Å²) in [6, 6.07) is 7.89. The molecule has 0 spiro atoms. The van der Waals surface area contributed by atoms with Crippen LogP contribution in [-0.4, -0.2) is 24.4 Å². The largest absolute Gasteiger partial charge is 0.493 e. The number of fused-ring (bicyclic) bond motifs is 2. The minimum Gasteiger partial charge on any atom is -0.493 e. The van der Waals surface area contributed by atoms with Gasteiger partial charge in [0.2, 0.25) is 0 Å². The molecule has 0 aliphatic carbocycles. The lowest BCUT2D eigenvalue weighted by Gasteiger charge is -2.30. The van der Waals surface area contributed by atoms with E-state index < -0.39 is 0 Å². The van der Waals surface area contributed by atoms with E-state index in [9.17, 15) is 0 Å². The molecule has 0 radical (unpaired) electrons. The molecule has 1 aromatic carbocycles. The molecule has 2 aliphatic heterocycles. The zero-order chi connectivity index (χ0) is 12.6. The molecule has 3 nitrogen and oxygen atoms in total. The summed E-state index contributed by atoms with van der Waals surface area (Å²) in [5, 5.41) is 0. The van der Waals surface area contributed by atoms with Gasteiger partial charge in [-0.1, -0.05) is 22.0 Å². The number of ether oxygens (including phenoxy) is 2. The third-order valence-corrected chi connectivity index (χ3v) is 4.48. The van der Waals surface area contributed by atoms with Crippen LogP contribution in [0.3, 0.4) is 0 Å². The molecule has 2 N–H and O–H groups in total. The zero-order valence-electron chi connectivity index (χ0n) is 10.3. The normalized spacial score (nSPS) is 33.9. The Morgan fingerprint density at radius 1 is 1.44 bits per heavy atom. The van der Waals surface area contributed by atoms with E-state index in [2.05, 4.69) is 15.9 Å². The fourth-order valence-electron chi connectivity index (χ4n) is 3.01. The van der Waals surface area contributed by atoms with Gasteiger partial charge in [-0.3, -0.25) is 0 Å². The minimum absolute atomic E-state index is 0.172. The lowest BCUT2D eigenvalue weighted by Crippen LogP contribution is -2.49. The lowest BCUT2D eigenvalue weighted by molar-refractivity contribution is 0.0800. The average molecular weight is 312 g/mol. The summed E-state index contributed by atoms with van der Waals surface area (Å²) in [5.41, 5.74) is 6.25. The van der Waals surface area contributed by atoms with Gasteiger partial charge in [0, 0.05) is 16.4 Å². The first kappa shape index (κ1) is 12.5. The highest BCUT2D eigenvalue weighted by molar-refractivity contribution is 9.10. The Kier molecular flexibility index (Phi) is 3.34. The topological polar surface area (TPSA) is 44.5 Å². The van der Waals surface area contributed by atoms with Crippen molar-refractivity contribution >= 4 is 15.9 Å². The summed E-state index contributed by atoms with van der Waals surface area (Å²) in [7, 11) is 0. The number of nitrogens with two attached hydrogens (primary N) is 1. The summed E-state index contributed by atoms with van der Waals surface area (Å²) in [5.74, 6) is 0.886. The summed E-state index contributed by atoms with van der Waals surface area (Å²) in [6.07, 6.45) is 4.77. The molecule has 2 aliphatic rings. The fraction of sp³-hybridized carbons (Fsp3) is 0.571. The Morgan fingerprint density at radius 2 is 2.33 bits per heavy atom. The van der Waals surface area contributed by atoms with Crippen molar-refractivity contribution in [2.24, 2.45) is 5.73 Å². The van der Waals surface area contributed by atoms with Crippen LogP contribution in [0.25, 0.3) is 0 Å². The Labute approximate surface area is 116 Å². The molecular weight excluding hydrogens is 294 g/mol. The highest BCUT2D eigenvalue weighted by Crippen LogP contribution is 2.41. The van der Waals surface area contributed by atoms with Crippen LogP contribution in [0.1, 0.15) is 25.7 Å². The standard InChI is InChI=1S/C14H18BrNO2/c15-10-2-1-3-11(8-10)17-7-6-14(16)9-12-4-5-13(14)18-12/h1-3,8,12-13H,4-7,9,16H2. The fourth-order valence-corrected chi connectivity index (χ4v) is 3.39. The van der Waals surface area contributed by atoms with Gasteiger partial charge in [0.25, 0.3) is 0 Å². The van der Waals surface area contributed by atoms with Crippen LogP contribution in [0.15, 0.2) is 28.7 Å². The van der Waals surface area contributed by atoms with Crippen molar-refractivity contribution in [1.82, 2.24) is 0 Å². The first-order valence-corrected chi connectivity index (χ1v) is 7.28. The van der Waals surface area contributed by atoms with E-state index in [4.69, 9.17) is 15.2 Å². The molecule has 2 bridgehead atoms. The molecule has 3 atom stereocenters. The smallest absolute Gasteiger partial charge is 0.120 e. The van der Waals surface area contributed by atoms with Crippen molar-refractivity contribution in [2.45, 2.75) is 43.4 Å². The molecule has 0 amide bonds. The second kappa shape index (κ2) is 4.83. The predicted octanol–water partition coefficient (Wildman–Crippen LogP) is 2.87. The first-order valence-electron chi connectivity index (χ1n) is 6.48. The van der Waals surface area contributed by atoms with Gasteiger partial charge in [-0.25, -0.2) is 0 Å². The van der Waals surface area contributed by atoms with E-state index in [-0.39, 0.29) is 11.6 Å². The number of hydrogen-bond acceptors (Lipinski definition) is 3. The van der Waals surface area contributed by atoms with Gasteiger partial charge in [0.15, 0.2) is 0 Å². The van der Waals surface area contributed by atoms with Gasteiger partial charge < -0.3 is 15.2 Å². The Balaban J connectivity index is 1.53. The van der Waals surface area contributed by atoms with E-state index in [0.717, 1.165) is 29.5 Å². The van der Waals surface area contributed by atoms with Crippen LogP contribution in [0.4, 0.5) is 0 Å². The molecular formula is C14H18BrNO2. The van der Waals surface area contributed by atoms with Crippen LogP contribution < -0.4 is 10.5 Å². The Morgan fingerprint density at radius 3 is 3.00 bits per heavy atom. The van der Waals surface area contributed by atoms with Crippen LogP contribution >= 0.6 is 15.9 Å². The molecule has 0 saturated carbocycles. The molecule has 98 valence electrons. The van der Waals surface area contributed by atoms with Crippen molar-refractivity contribution in [1.29, 1.82) is 0 Å². The zero-order valence-corrected chi connectivity index (χ0v) is 11.9. The van der Waals surface area contributed by atoms with Crippen molar-refractivity contribution in [3.8, 4) is 5.75 Å². The quantitative estimate of drug-likeness (QED) is 0.930. The van der Waals surface area contributed by atoms with E-state index >= 15 is 0 Å². The Bertz CT molecular complexity index is 440. The molecule has 3 unspecified atom stereocenters. The summed E-state index contributed by atoms with van der Waals surface area (Å²) in [6.45, 7) is 0.652. The van der Waals surface area contributed by atoms with Crippen LogP contribution in [0.5, 0.6) is 5.75 Å². The summed E-state index contributed by atoms with van der Waals surface area (Å²) >= 11 is 3.43. The predicted molar refractivity (Wildman–Crippen MR) is 73.7 cm³/mol. The van der Waals surface area contributed by atoms with E-state index in [1.165, 1.54) is 6.42 Å². The van der Waals surface area contributed by atoms with E-state index in [0.29, 0.717) is 12.7 Å². The molecule has 1 aromatic rings. The second-order valence-corrected chi connectivity index (χ2v) is 6.23.